The van der Waals surface area contributed by atoms with E-state index in [0.29, 0.717) is 23.8 Å². The van der Waals surface area contributed by atoms with Gasteiger partial charge in [0.05, 0.1) is 27.9 Å². The number of halogens is 1. The molecule has 0 spiro atoms. The van der Waals surface area contributed by atoms with Crippen molar-refractivity contribution in [3.63, 3.8) is 0 Å². The Bertz CT molecular complexity index is 495. The first-order valence-corrected chi connectivity index (χ1v) is 6.63. The fourth-order valence-electron chi connectivity index (χ4n) is 2.13. The molecule has 126 valence electrons. The molecule has 1 rings (SSSR count). The van der Waals surface area contributed by atoms with Crippen molar-refractivity contribution in [3.8, 4) is 17.2 Å². The predicted octanol–water partition coefficient (Wildman–Crippen LogP) is 2.31. The molecule has 0 bridgehead atoms. The van der Waals surface area contributed by atoms with Crippen LogP contribution in [0.2, 0.25) is 0 Å². The van der Waals surface area contributed by atoms with Crippen molar-refractivity contribution < 1.29 is 14.2 Å². The molecule has 0 unspecified atom stereocenters. The summed E-state index contributed by atoms with van der Waals surface area (Å²) in [5.41, 5.74) is 0.941. The van der Waals surface area contributed by atoms with Gasteiger partial charge in [-0.1, -0.05) is 0 Å². The van der Waals surface area contributed by atoms with E-state index in [0.717, 1.165) is 11.5 Å². The fourth-order valence-corrected chi connectivity index (χ4v) is 2.13. The van der Waals surface area contributed by atoms with Crippen LogP contribution in [0.25, 0.3) is 0 Å². The van der Waals surface area contributed by atoms with E-state index in [4.69, 9.17) is 14.2 Å². The molecule has 7 heteroatoms. The van der Waals surface area contributed by atoms with Crippen LogP contribution in [0.4, 0.5) is 0 Å². The number of hydrogen-bond donors (Lipinski definition) is 0. The Morgan fingerprint density at radius 2 is 1.45 bits per heavy atom. The second kappa shape index (κ2) is 9.60. The van der Waals surface area contributed by atoms with Crippen molar-refractivity contribution in [2.45, 2.75) is 6.54 Å². The van der Waals surface area contributed by atoms with Gasteiger partial charge in [0.25, 0.3) is 0 Å². The Morgan fingerprint density at radius 3 is 1.86 bits per heavy atom. The summed E-state index contributed by atoms with van der Waals surface area (Å²) in [5, 5.41) is 0. The standard InChI is InChI=1S/C15H25N3O3.HI/c1-17(2)15(18(3)4)16-10-11-8-9-12(19-5)14(21-7)13(11)20-6;/h8-9H,10H2,1-7H3;1H. The number of aliphatic imine (C=N–C) groups is 1. The number of ether oxygens (including phenoxy) is 3. The van der Waals surface area contributed by atoms with Gasteiger partial charge in [-0.05, 0) is 12.1 Å². The predicted molar refractivity (Wildman–Crippen MR) is 100 cm³/mol. The molecule has 0 aliphatic rings. The van der Waals surface area contributed by atoms with Crippen molar-refractivity contribution in [2.75, 3.05) is 49.5 Å². The lowest BCUT2D eigenvalue weighted by molar-refractivity contribution is 0.322. The summed E-state index contributed by atoms with van der Waals surface area (Å²) in [7, 11) is 12.7. The summed E-state index contributed by atoms with van der Waals surface area (Å²) in [5.74, 6) is 2.76. The number of benzene rings is 1. The molecular weight excluding hydrogens is 397 g/mol. The second-order valence-electron chi connectivity index (χ2n) is 4.90. The Labute approximate surface area is 150 Å². The highest BCUT2D eigenvalue weighted by Crippen LogP contribution is 2.39. The van der Waals surface area contributed by atoms with Crippen LogP contribution < -0.4 is 14.2 Å². The van der Waals surface area contributed by atoms with E-state index in [2.05, 4.69) is 4.99 Å². The van der Waals surface area contributed by atoms with Crippen LogP contribution in [0, 0.1) is 0 Å². The molecule has 1 aromatic rings. The molecule has 0 aliphatic heterocycles. The van der Waals surface area contributed by atoms with Gasteiger partial charge in [0.2, 0.25) is 5.75 Å². The van der Waals surface area contributed by atoms with E-state index < -0.39 is 0 Å². The summed E-state index contributed by atoms with van der Waals surface area (Å²) < 4.78 is 16.1. The minimum atomic E-state index is 0. The number of rotatable bonds is 5. The maximum Gasteiger partial charge on any atom is 0.203 e. The quantitative estimate of drug-likeness (QED) is 0.413. The van der Waals surface area contributed by atoms with Gasteiger partial charge in [0.1, 0.15) is 0 Å². The third-order valence-corrected chi connectivity index (χ3v) is 2.98. The molecule has 0 fully saturated rings. The highest BCUT2D eigenvalue weighted by Gasteiger charge is 2.16. The molecule has 0 N–H and O–H groups in total. The fraction of sp³-hybridized carbons (Fsp3) is 0.533. The number of guanidine groups is 1. The van der Waals surface area contributed by atoms with Gasteiger partial charge in [-0.3, -0.25) is 0 Å². The van der Waals surface area contributed by atoms with E-state index in [-0.39, 0.29) is 24.0 Å². The van der Waals surface area contributed by atoms with Gasteiger partial charge < -0.3 is 24.0 Å². The second-order valence-corrected chi connectivity index (χ2v) is 4.90. The normalized spacial score (nSPS) is 9.41. The van der Waals surface area contributed by atoms with Crippen molar-refractivity contribution in [3.05, 3.63) is 17.7 Å². The smallest absolute Gasteiger partial charge is 0.203 e. The zero-order valence-corrected chi connectivity index (χ0v) is 16.7. The topological polar surface area (TPSA) is 46.5 Å². The molecule has 0 saturated heterocycles. The number of nitrogens with zero attached hydrogens (tertiary/aromatic N) is 3. The van der Waals surface area contributed by atoms with E-state index in [1.54, 1.807) is 21.3 Å². The molecule has 0 saturated carbocycles. The monoisotopic (exact) mass is 423 g/mol. The van der Waals surface area contributed by atoms with Crippen LogP contribution in [-0.2, 0) is 6.54 Å². The lowest BCUT2D eigenvalue weighted by Gasteiger charge is -2.23. The minimum Gasteiger partial charge on any atom is -0.493 e. The summed E-state index contributed by atoms with van der Waals surface area (Å²) >= 11 is 0. The van der Waals surface area contributed by atoms with Crippen molar-refractivity contribution >= 4 is 29.9 Å². The summed E-state index contributed by atoms with van der Waals surface area (Å²) in [4.78, 5) is 8.56. The van der Waals surface area contributed by atoms with Crippen molar-refractivity contribution in [1.82, 2.24) is 9.80 Å². The zero-order chi connectivity index (χ0) is 16.0. The first-order chi connectivity index (χ1) is 9.96. The lowest BCUT2D eigenvalue weighted by Crippen LogP contribution is -2.35. The molecule has 1 aromatic carbocycles. The molecule has 0 heterocycles. The van der Waals surface area contributed by atoms with Crippen LogP contribution in [-0.4, -0.2) is 65.3 Å². The first kappa shape index (κ1) is 20.6. The maximum atomic E-state index is 5.46. The van der Waals surface area contributed by atoms with Gasteiger partial charge in [-0.15, -0.1) is 24.0 Å². The van der Waals surface area contributed by atoms with Crippen LogP contribution in [0.3, 0.4) is 0 Å². The Hall–Kier alpha value is -1.38. The van der Waals surface area contributed by atoms with Gasteiger partial charge in [0.15, 0.2) is 17.5 Å². The summed E-state index contributed by atoms with van der Waals surface area (Å²) in [6.45, 7) is 0.495. The SMILES string of the molecule is COc1ccc(CN=C(N(C)C)N(C)C)c(OC)c1OC.I. The molecule has 0 amide bonds. The maximum absolute atomic E-state index is 5.46. The highest BCUT2D eigenvalue weighted by atomic mass is 127. The average Bonchev–Trinajstić information content (AvgIpc) is 2.45. The molecule has 0 aromatic heterocycles. The van der Waals surface area contributed by atoms with E-state index in [1.807, 2.05) is 50.1 Å². The summed E-state index contributed by atoms with van der Waals surface area (Å²) in [6.07, 6.45) is 0. The third kappa shape index (κ3) is 4.82. The molecule has 0 atom stereocenters. The largest absolute Gasteiger partial charge is 0.493 e. The van der Waals surface area contributed by atoms with Gasteiger partial charge in [-0.25, -0.2) is 4.99 Å². The first-order valence-electron chi connectivity index (χ1n) is 6.63. The van der Waals surface area contributed by atoms with Crippen LogP contribution in [0.5, 0.6) is 17.2 Å². The molecule has 22 heavy (non-hydrogen) atoms. The number of hydrogen-bond acceptors (Lipinski definition) is 4. The van der Waals surface area contributed by atoms with E-state index in [1.165, 1.54) is 0 Å². The highest BCUT2D eigenvalue weighted by molar-refractivity contribution is 14.0. The minimum absolute atomic E-state index is 0. The van der Waals surface area contributed by atoms with Crippen LogP contribution >= 0.6 is 24.0 Å². The van der Waals surface area contributed by atoms with Gasteiger partial charge in [0, 0.05) is 33.8 Å². The van der Waals surface area contributed by atoms with Crippen molar-refractivity contribution in [2.24, 2.45) is 4.99 Å². The molecule has 0 radical (unpaired) electrons. The van der Waals surface area contributed by atoms with Crippen LogP contribution in [0.15, 0.2) is 17.1 Å². The number of methoxy groups -OCH3 is 3. The Morgan fingerprint density at radius 1 is 0.909 bits per heavy atom. The van der Waals surface area contributed by atoms with Crippen LogP contribution in [0.1, 0.15) is 5.56 Å². The van der Waals surface area contributed by atoms with Gasteiger partial charge in [-0.2, -0.15) is 0 Å². The third-order valence-electron chi connectivity index (χ3n) is 2.98. The molecule has 0 aliphatic carbocycles. The molecular formula is C15H26IN3O3. The Kier molecular flexibility index (Phi) is 9.00. The average molecular weight is 423 g/mol. The Balaban J connectivity index is 0.00000441. The van der Waals surface area contributed by atoms with E-state index >= 15 is 0 Å². The molecule has 6 nitrogen and oxygen atoms in total. The van der Waals surface area contributed by atoms with E-state index in [9.17, 15) is 0 Å². The van der Waals surface area contributed by atoms with Gasteiger partial charge >= 0.3 is 0 Å². The van der Waals surface area contributed by atoms with Crippen molar-refractivity contribution in [1.29, 1.82) is 0 Å². The zero-order valence-electron chi connectivity index (χ0n) is 14.3. The lowest BCUT2D eigenvalue weighted by atomic mass is 10.1. The summed E-state index contributed by atoms with van der Waals surface area (Å²) in [6, 6.07) is 3.80.